The first-order valence-corrected chi connectivity index (χ1v) is 6.50. The van der Waals surface area contributed by atoms with Crippen molar-refractivity contribution in [2.24, 2.45) is 17.3 Å². The van der Waals surface area contributed by atoms with Gasteiger partial charge in [0.25, 0.3) is 0 Å². The summed E-state index contributed by atoms with van der Waals surface area (Å²) in [6, 6.07) is 4.90. The predicted molar refractivity (Wildman–Crippen MR) is 73.5 cm³/mol. The smallest absolute Gasteiger partial charge is 0.307 e. The standard InChI is InChI=1S/C13H13Cl2NO3/c1-13(2)8(9(13)12(18)19)11(17)16-7-5-3-4-6(14)10(7)15/h3-5,8-9H,1-2H3,(H,16,17)(H,18,19)/t8-,9+/m1/s1. The van der Waals surface area contributed by atoms with Crippen LogP contribution in [0.25, 0.3) is 0 Å². The number of rotatable bonds is 3. The van der Waals surface area contributed by atoms with E-state index in [0.717, 1.165) is 0 Å². The number of amides is 1. The number of carbonyl (C=O) groups is 2. The zero-order chi connectivity index (χ0) is 14.4. The number of benzene rings is 1. The van der Waals surface area contributed by atoms with Crippen LogP contribution in [0, 0.1) is 17.3 Å². The molecule has 1 amide bonds. The van der Waals surface area contributed by atoms with E-state index in [2.05, 4.69) is 5.32 Å². The Labute approximate surface area is 120 Å². The minimum Gasteiger partial charge on any atom is -0.481 e. The molecule has 0 radical (unpaired) electrons. The van der Waals surface area contributed by atoms with Crippen molar-refractivity contribution in [2.45, 2.75) is 13.8 Å². The molecule has 0 unspecified atom stereocenters. The molecule has 0 bridgehead atoms. The first-order valence-electron chi connectivity index (χ1n) is 5.74. The van der Waals surface area contributed by atoms with Gasteiger partial charge < -0.3 is 10.4 Å². The van der Waals surface area contributed by atoms with Crippen molar-refractivity contribution in [3.05, 3.63) is 28.2 Å². The first kappa shape index (κ1) is 14.2. The number of anilines is 1. The van der Waals surface area contributed by atoms with Gasteiger partial charge in [-0.2, -0.15) is 0 Å². The molecule has 102 valence electrons. The molecule has 2 N–H and O–H groups in total. The van der Waals surface area contributed by atoms with Gasteiger partial charge in [-0.25, -0.2) is 0 Å². The highest BCUT2D eigenvalue weighted by atomic mass is 35.5. The third-order valence-corrected chi connectivity index (χ3v) is 4.40. The molecular formula is C13H13Cl2NO3. The third-order valence-electron chi connectivity index (χ3n) is 3.59. The van der Waals surface area contributed by atoms with Gasteiger partial charge in [0.05, 0.1) is 27.6 Å². The Balaban J connectivity index is 2.15. The van der Waals surface area contributed by atoms with Crippen LogP contribution in [0.1, 0.15) is 13.8 Å². The summed E-state index contributed by atoms with van der Waals surface area (Å²) in [4.78, 5) is 23.1. The maximum Gasteiger partial charge on any atom is 0.307 e. The topological polar surface area (TPSA) is 66.4 Å². The number of carboxylic acid groups (broad SMARTS) is 1. The third kappa shape index (κ3) is 2.42. The van der Waals surface area contributed by atoms with Gasteiger partial charge >= 0.3 is 5.97 Å². The van der Waals surface area contributed by atoms with Gasteiger partial charge in [-0.05, 0) is 17.5 Å². The fourth-order valence-corrected chi connectivity index (χ4v) is 2.75. The van der Waals surface area contributed by atoms with Crippen molar-refractivity contribution in [2.75, 3.05) is 5.32 Å². The lowest BCUT2D eigenvalue weighted by Gasteiger charge is -2.08. The summed E-state index contributed by atoms with van der Waals surface area (Å²) in [7, 11) is 0. The highest BCUT2D eigenvalue weighted by Crippen LogP contribution is 2.58. The Morgan fingerprint density at radius 3 is 2.42 bits per heavy atom. The van der Waals surface area contributed by atoms with Gasteiger partial charge in [-0.1, -0.05) is 43.1 Å². The number of carboxylic acids is 1. The van der Waals surface area contributed by atoms with Crippen LogP contribution in [0.3, 0.4) is 0 Å². The molecule has 0 aliphatic heterocycles. The Hall–Kier alpha value is -1.26. The van der Waals surface area contributed by atoms with Gasteiger partial charge in [-0.3, -0.25) is 9.59 Å². The lowest BCUT2D eigenvalue weighted by molar-refractivity contribution is -0.140. The van der Waals surface area contributed by atoms with E-state index in [4.69, 9.17) is 28.3 Å². The quantitative estimate of drug-likeness (QED) is 0.900. The second-order valence-electron chi connectivity index (χ2n) is 5.21. The molecule has 1 aliphatic rings. The van der Waals surface area contributed by atoms with Crippen LogP contribution in [0.4, 0.5) is 5.69 Å². The molecular weight excluding hydrogens is 289 g/mol. The van der Waals surface area contributed by atoms with Crippen LogP contribution in [-0.2, 0) is 9.59 Å². The fourth-order valence-electron chi connectivity index (χ4n) is 2.40. The molecule has 2 rings (SSSR count). The Morgan fingerprint density at radius 2 is 1.89 bits per heavy atom. The monoisotopic (exact) mass is 301 g/mol. The molecule has 1 aliphatic carbocycles. The summed E-state index contributed by atoms with van der Waals surface area (Å²) in [6.45, 7) is 3.52. The van der Waals surface area contributed by atoms with Gasteiger partial charge in [-0.15, -0.1) is 0 Å². The summed E-state index contributed by atoms with van der Waals surface area (Å²) >= 11 is 11.8. The largest absolute Gasteiger partial charge is 0.481 e. The molecule has 1 aromatic carbocycles. The zero-order valence-electron chi connectivity index (χ0n) is 10.4. The number of hydrogen-bond donors (Lipinski definition) is 2. The van der Waals surface area contributed by atoms with Gasteiger partial charge in [0.15, 0.2) is 0 Å². The van der Waals surface area contributed by atoms with Gasteiger partial charge in [0, 0.05) is 0 Å². The highest BCUT2D eigenvalue weighted by Gasteiger charge is 2.65. The minimum absolute atomic E-state index is 0.253. The molecule has 1 saturated carbocycles. The van der Waals surface area contributed by atoms with E-state index in [1.807, 2.05) is 0 Å². The molecule has 0 aromatic heterocycles. The number of hydrogen-bond acceptors (Lipinski definition) is 2. The molecule has 0 heterocycles. The molecule has 1 aromatic rings. The highest BCUT2D eigenvalue weighted by molar-refractivity contribution is 6.44. The molecule has 0 spiro atoms. The average molecular weight is 302 g/mol. The van der Waals surface area contributed by atoms with Crippen molar-refractivity contribution in [1.82, 2.24) is 0 Å². The Morgan fingerprint density at radius 1 is 1.26 bits per heavy atom. The van der Waals surface area contributed by atoms with Crippen LogP contribution in [0.5, 0.6) is 0 Å². The molecule has 19 heavy (non-hydrogen) atoms. The first-order chi connectivity index (χ1) is 8.76. The van der Waals surface area contributed by atoms with Crippen molar-refractivity contribution in [1.29, 1.82) is 0 Å². The van der Waals surface area contributed by atoms with Crippen LogP contribution in [0.2, 0.25) is 10.0 Å². The summed E-state index contributed by atoms with van der Waals surface area (Å²) in [5.41, 5.74) is -0.146. The van der Waals surface area contributed by atoms with E-state index in [9.17, 15) is 9.59 Å². The van der Waals surface area contributed by atoms with E-state index < -0.39 is 23.2 Å². The Kier molecular flexibility index (Phi) is 3.49. The van der Waals surface area contributed by atoms with Crippen LogP contribution < -0.4 is 5.32 Å². The number of carbonyl (C=O) groups excluding carboxylic acids is 1. The molecule has 0 saturated heterocycles. The lowest BCUT2D eigenvalue weighted by Crippen LogP contribution is -2.18. The normalized spacial score (nSPS) is 23.8. The van der Waals surface area contributed by atoms with E-state index in [-0.39, 0.29) is 10.9 Å². The minimum atomic E-state index is -0.956. The van der Waals surface area contributed by atoms with Gasteiger partial charge in [0.2, 0.25) is 5.91 Å². The van der Waals surface area contributed by atoms with E-state index >= 15 is 0 Å². The van der Waals surface area contributed by atoms with E-state index in [1.54, 1.807) is 32.0 Å². The zero-order valence-corrected chi connectivity index (χ0v) is 11.9. The number of nitrogens with one attached hydrogen (secondary N) is 1. The van der Waals surface area contributed by atoms with E-state index in [1.165, 1.54) is 0 Å². The molecule has 4 nitrogen and oxygen atoms in total. The van der Waals surface area contributed by atoms with Crippen LogP contribution in [-0.4, -0.2) is 17.0 Å². The van der Waals surface area contributed by atoms with Crippen LogP contribution >= 0.6 is 23.2 Å². The lowest BCUT2D eigenvalue weighted by atomic mass is 10.1. The van der Waals surface area contributed by atoms with Crippen LogP contribution in [0.15, 0.2) is 18.2 Å². The number of halogens is 2. The van der Waals surface area contributed by atoms with Crippen molar-refractivity contribution >= 4 is 40.8 Å². The maximum atomic E-state index is 12.1. The number of aliphatic carboxylic acids is 1. The summed E-state index contributed by atoms with van der Waals surface area (Å²) in [5.74, 6) is -2.52. The predicted octanol–water partition coefficient (Wildman–Crippen LogP) is 3.29. The SMILES string of the molecule is CC1(C)[C@H](C(=O)O)[C@@H]1C(=O)Nc1cccc(Cl)c1Cl. The summed E-state index contributed by atoms with van der Waals surface area (Å²) in [5, 5.41) is 12.3. The maximum absolute atomic E-state index is 12.1. The second-order valence-corrected chi connectivity index (χ2v) is 5.99. The van der Waals surface area contributed by atoms with Crippen molar-refractivity contribution in [3.63, 3.8) is 0 Å². The average Bonchev–Trinajstić information content (AvgIpc) is 2.88. The molecule has 2 atom stereocenters. The van der Waals surface area contributed by atoms with Crippen molar-refractivity contribution < 1.29 is 14.7 Å². The van der Waals surface area contributed by atoms with E-state index in [0.29, 0.717) is 10.7 Å². The molecule has 6 heteroatoms. The Bertz CT molecular complexity index is 557. The van der Waals surface area contributed by atoms with Crippen molar-refractivity contribution in [3.8, 4) is 0 Å². The summed E-state index contributed by atoms with van der Waals surface area (Å²) < 4.78 is 0. The summed E-state index contributed by atoms with van der Waals surface area (Å²) in [6.07, 6.45) is 0. The fraction of sp³-hybridized carbons (Fsp3) is 0.385. The second kappa shape index (κ2) is 4.69. The van der Waals surface area contributed by atoms with Gasteiger partial charge in [0.1, 0.15) is 0 Å². The molecule has 1 fully saturated rings.